The second kappa shape index (κ2) is 2.74. The van der Waals surface area contributed by atoms with Gasteiger partial charge >= 0.3 is 0 Å². The Morgan fingerprint density at radius 3 is 3.12 bits per heavy atom. The molecule has 3 nitrogen and oxygen atoms in total. The first-order valence-corrected chi connectivity index (χ1v) is 3.14. The van der Waals surface area contributed by atoms with E-state index in [1.165, 1.54) is 11.3 Å². The third kappa shape index (κ3) is 1.24. The lowest BCUT2D eigenvalue weighted by Crippen LogP contribution is -1.86. The number of nitrogens with zero attached hydrogens (tertiary/aromatic N) is 2. The Kier molecular flexibility index (Phi) is 1.93. The Labute approximate surface area is 51.0 Å². The van der Waals surface area contributed by atoms with E-state index in [1.54, 1.807) is 5.51 Å². The van der Waals surface area contributed by atoms with Gasteiger partial charge in [-0.05, 0) is 0 Å². The molecule has 8 heavy (non-hydrogen) atoms. The van der Waals surface area contributed by atoms with E-state index in [9.17, 15) is 5.11 Å². The van der Waals surface area contributed by atoms with Crippen molar-refractivity contribution in [3.05, 3.63) is 10.5 Å². The summed E-state index contributed by atoms with van der Waals surface area (Å²) in [7, 11) is 0. The lowest BCUT2D eigenvalue weighted by Gasteiger charge is -1.80. The Hall–Kier alpha value is -0.480. The molecule has 1 rings (SSSR count). The minimum Gasteiger partial charge on any atom is -0.236 e. The average Bonchev–Trinajstić information content (AvgIpc) is 2.19. The van der Waals surface area contributed by atoms with Crippen LogP contribution in [0.3, 0.4) is 0 Å². The molecule has 0 aliphatic heterocycles. The third-order valence-corrected chi connectivity index (χ3v) is 1.48. The normalized spacial score (nSPS) is 9.62. The first-order valence-electron chi connectivity index (χ1n) is 2.26. The molecule has 0 spiro atoms. The molecule has 0 atom stereocenters. The maximum Gasteiger partial charge on any atom is 0.119 e. The van der Waals surface area contributed by atoms with Crippen LogP contribution in [0.5, 0.6) is 0 Å². The number of hydrogen-bond acceptors (Lipinski definition) is 3. The highest BCUT2D eigenvalue weighted by Crippen LogP contribution is 2.00. The fraction of sp³-hybridized carbons (Fsp3) is 0.500. The molecule has 1 aromatic rings. The van der Waals surface area contributed by atoms with E-state index in [0.717, 1.165) is 5.01 Å². The lowest BCUT2D eigenvalue weighted by atomic mass is 10.5. The summed E-state index contributed by atoms with van der Waals surface area (Å²) in [4.78, 5) is 0. The molecule has 0 aliphatic rings. The van der Waals surface area contributed by atoms with Crippen LogP contribution in [0.4, 0.5) is 0 Å². The second-order valence-corrected chi connectivity index (χ2v) is 2.20. The van der Waals surface area contributed by atoms with Crippen LogP contribution in [0, 0.1) is 0 Å². The van der Waals surface area contributed by atoms with E-state index in [-0.39, 0.29) is 6.61 Å². The van der Waals surface area contributed by atoms with E-state index < -0.39 is 0 Å². The van der Waals surface area contributed by atoms with Crippen LogP contribution < -0.4 is 0 Å². The summed E-state index contributed by atoms with van der Waals surface area (Å²) < 4.78 is 0. The van der Waals surface area contributed by atoms with E-state index in [4.69, 9.17) is 0 Å². The molecule has 0 saturated heterocycles. The molecule has 4 heteroatoms. The monoisotopic (exact) mass is 129 g/mol. The van der Waals surface area contributed by atoms with Crippen molar-refractivity contribution in [1.82, 2.24) is 10.2 Å². The summed E-state index contributed by atoms with van der Waals surface area (Å²) in [6.45, 7) is -0.0881. The van der Waals surface area contributed by atoms with Crippen molar-refractivity contribution < 1.29 is 5.11 Å². The Morgan fingerprint density at radius 2 is 2.62 bits per heavy atom. The van der Waals surface area contributed by atoms with Crippen LogP contribution in [0.15, 0.2) is 5.51 Å². The zero-order valence-corrected chi connectivity index (χ0v) is 5.02. The second-order valence-electron chi connectivity index (χ2n) is 1.29. The molecule has 1 aromatic heterocycles. The van der Waals surface area contributed by atoms with Gasteiger partial charge in [0.15, 0.2) is 0 Å². The van der Waals surface area contributed by atoms with Gasteiger partial charge in [0.1, 0.15) is 10.5 Å². The van der Waals surface area contributed by atoms with Crippen molar-refractivity contribution in [1.29, 1.82) is 0 Å². The molecule has 0 aliphatic carbocycles. The average molecular weight is 129 g/mol. The topological polar surface area (TPSA) is 45.7 Å². The molecule has 1 radical (unpaired) electrons. The van der Waals surface area contributed by atoms with Crippen LogP contribution in [-0.2, 0) is 11.5 Å². The van der Waals surface area contributed by atoms with Gasteiger partial charge in [-0.3, -0.25) is 0 Å². The Bertz CT molecular complexity index is 140. The van der Waals surface area contributed by atoms with Crippen molar-refractivity contribution in [2.75, 3.05) is 6.61 Å². The minimum absolute atomic E-state index is 0.0881. The van der Waals surface area contributed by atoms with Gasteiger partial charge in [-0.15, -0.1) is 21.5 Å². The highest BCUT2D eigenvalue weighted by atomic mass is 32.1. The third-order valence-electron chi connectivity index (χ3n) is 0.721. The number of aromatic nitrogens is 2. The predicted octanol–water partition coefficient (Wildman–Crippen LogP) is 0.511. The fourth-order valence-electron chi connectivity index (χ4n) is 0.392. The van der Waals surface area contributed by atoms with Crippen molar-refractivity contribution in [3.8, 4) is 0 Å². The molecular formula is C4H5N2OS. The SMILES string of the molecule is [O]CCc1nncs1. The largest absolute Gasteiger partial charge is 0.236 e. The minimum atomic E-state index is -0.0881. The Balaban J connectivity index is 2.50. The molecule has 0 aromatic carbocycles. The van der Waals surface area contributed by atoms with E-state index in [2.05, 4.69) is 10.2 Å². The molecule has 0 amide bonds. The first-order chi connectivity index (χ1) is 3.93. The van der Waals surface area contributed by atoms with Crippen molar-refractivity contribution >= 4 is 11.3 Å². The van der Waals surface area contributed by atoms with Crippen molar-refractivity contribution in [2.45, 2.75) is 6.42 Å². The summed E-state index contributed by atoms with van der Waals surface area (Å²) in [5, 5.41) is 18.0. The molecule has 43 valence electrons. The standard InChI is InChI=1S/C4H5N2OS/c7-2-1-4-6-5-3-8-4/h3H,1-2H2. The molecule has 0 unspecified atom stereocenters. The van der Waals surface area contributed by atoms with Crippen LogP contribution in [0.25, 0.3) is 0 Å². The van der Waals surface area contributed by atoms with Gasteiger partial charge in [0.25, 0.3) is 0 Å². The summed E-state index contributed by atoms with van der Waals surface area (Å²) in [5.74, 6) is 0. The molecular weight excluding hydrogens is 124 g/mol. The van der Waals surface area contributed by atoms with Gasteiger partial charge in [-0.1, -0.05) is 0 Å². The highest BCUT2D eigenvalue weighted by molar-refractivity contribution is 7.09. The van der Waals surface area contributed by atoms with Crippen molar-refractivity contribution in [2.24, 2.45) is 0 Å². The summed E-state index contributed by atoms with van der Waals surface area (Å²) in [6, 6.07) is 0. The maximum atomic E-state index is 9.94. The molecule has 0 bridgehead atoms. The molecule has 0 N–H and O–H groups in total. The fourth-order valence-corrected chi connectivity index (χ4v) is 0.904. The summed E-state index contributed by atoms with van der Waals surface area (Å²) in [6.07, 6.45) is 0.519. The lowest BCUT2D eigenvalue weighted by molar-refractivity contribution is 0.197. The van der Waals surface area contributed by atoms with Gasteiger partial charge < -0.3 is 0 Å². The molecule has 1 heterocycles. The molecule has 0 fully saturated rings. The van der Waals surface area contributed by atoms with Crippen molar-refractivity contribution in [3.63, 3.8) is 0 Å². The summed E-state index contributed by atoms with van der Waals surface area (Å²) in [5.41, 5.74) is 1.63. The zero-order chi connectivity index (χ0) is 5.82. The van der Waals surface area contributed by atoms with Crippen LogP contribution in [0.2, 0.25) is 0 Å². The zero-order valence-electron chi connectivity index (χ0n) is 4.20. The van der Waals surface area contributed by atoms with E-state index in [0.29, 0.717) is 6.42 Å². The maximum absolute atomic E-state index is 9.94. The van der Waals surface area contributed by atoms with E-state index in [1.807, 2.05) is 0 Å². The highest BCUT2D eigenvalue weighted by Gasteiger charge is 1.92. The van der Waals surface area contributed by atoms with Gasteiger partial charge in [0.05, 0.1) is 6.61 Å². The smallest absolute Gasteiger partial charge is 0.119 e. The summed E-state index contributed by atoms with van der Waals surface area (Å²) >= 11 is 1.43. The first kappa shape index (κ1) is 5.65. The van der Waals surface area contributed by atoms with Gasteiger partial charge in [0, 0.05) is 6.42 Å². The molecule has 0 saturated carbocycles. The van der Waals surface area contributed by atoms with Gasteiger partial charge in [-0.2, -0.15) is 0 Å². The van der Waals surface area contributed by atoms with E-state index >= 15 is 0 Å². The van der Waals surface area contributed by atoms with Gasteiger partial charge in [0.2, 0.25) is 0 Å². The number of hydrogen-bond donors (Lipinski definition) is 0. The van der Waals surface area contributed by atoms with Crippen LogP contribution >= 0.6 is 11.3 Å². The Morgan fingerprint density at radius 1 is 1.75 bits per heavy atom. The quantitative estimate of drug-likeness (QED) is 0.584. The van der Waals surface area contributed by atoms with Crippen LogP contribution in [0.1, 0.15) is 5.01 Å². The van der Waals surface area contributed by atoms with Gasteiger partial charge in [-0.25, -0.2) is 5.11 Å². The predicted molar refractivity (Wildman–Crippen MR) is 29.2 cm³/mol. The van der Waals surface area contributed by atoms with Crippen LogP contribution in [-0.4, -0.2) is 16.8 Å². The number of rotatable bonds is 2.